The molecule has 0 spiro atoms. The van der Waals surface area contributed by atoms with Gasteiger partial charge in [0.05, 0.1) is 4.90 Å². The third-order valence-corrected chi connectivity index (χ3v) is 6.03. The number of aromatic nitrogens is 1. The molecule has 6 nitrogen and oxygen atoms in total. The van der Waals surface area contributed by atoms with E-state index in [1.54, 1.807) is 42.6 Å². The van der Waals surface area contributed by atoms with E-state index < -0.39 is 10.0 Å². The lowest BCUT2D eigenvalue weighted by atomic mass is 10.1. The van der Waals surface area contributed by atoms with Crippen molar-refractivity contribution in [1.82, 2.24) is 4.98 Å². The highest BCUT2D eigenvalue weighted by atomic mass is 32.2. The van der Waals surface area contributed by atoms with Crippen molar-refractivity contribution in [2.75, 3.05) is 10.0 Å². The first-order chi connectivity index (χ1) is 12.5. The van der Waals surface area contributed by atoms with Crippen LogP contribution in [0, 0.1) is 0 Å². The number of anilines is 2. The molecule has 0 atom stereocenters. The summed E-state index contributed by atoms with van der Waals surface area (Å²) in [5.41, 5.74) is 2.54. The highest BCUT2D eigenvalue weighted by Gasteiger charge is 2.26. The van der Waals surface area contributed by atoms with Crippen molar-refractivity contribution in [2.24, 2.45) is 0 Å². The first-order valence-electron chi connectivity index (χ1n) is 8.00. The number of fused-ring (bicyclic) bond motifs is 1. The number of sulfonamides is 1. The van der Waals surface area contributed by atoms with Gasteiger partial charge >= 0.3 is 0 Å². The lowest BCUT2D eigenvalue weighted by Gasteiger charge is -2.11. The van der Waals surface area contributed by atoms with Crippen LogP contribution in [-0.4, -0.2) is 19.3 Å². The number of hydrogen-bond donors (Lipinski definition) is 3. The number of benzene rings is 3. The van der Waals surface area contributed by atoms with E-state index in [1.807, 2.05) is 12.1 Å². The smallest absolute Gasteiger partial charge is 0.262 e. The molecule has 0 saturated carbocycles. The number of aromatic amines is 1. The number of amides is 1. The molecule has 0 saturated heterocycles. The van der Waals surface area contributed by atoms with E-state index in [0.29, 0.717) is 27.7 Å². The molecule has 0 unspecified atom stereocenters. The topological polar surface area (TPSA) is 91.1 Å². The van der Waals surface area contributed by atoms with Gasteiger partial charge in [0.2, 0.25) is 0 Å². The second kappa shape index (κ2) is 5.09. The van der Waals surface area contributed by atoms with E-state index in [0.717, 1.165) is 10.9 Å². The predicted molar refractivity (Wildman–Crippen MR) is 101 cm³/mol. The van der Waals surface area contributed by atoms with Crippen molar-refractivity contribution >= 4 is 49.0 Å². The van der Waals surface area contributed by atoms with Gasteiger partial charge < -0.3 is 10.3 Å². The summed E-state index contributed by atoms with van der Waals surface area (Å²) in [6.45, 7) is 0. The Bertz CT molecular complexity index is 1320. The Kier molecular flexibility index (Phi) is 2.93. The molecule has 1 aliphatic rings. The minimum Gasteiger partial charge on any atom is -0.361 e. The van der Waals surface area contributed by atoms with Crippen LogP contribution < -0.4 is 10.0 Å². The van der Waals surface area contributed by atoms with Crippen LogP contribution in [0.25, 0.3) is 21.7 Å². The van der Waals surface area contributed by atoms with Crippen LogP contribution in [-0.2, 0) is 10.0 Å². The summed E-state index contributed by atoms with van der Waals surface area (Å²) >= 11 is 0. The minimum atomic E-state index is -3.81. The molecule has 26 heavy (non-hydrogen) atoms. The molecule has 0 bridgehead atoms. The molecular formula is C19H13N3O3S. The van der Waals surface area contributed by atoms with Crippen molar-refractivity contribution in [1.29, 1.82) is 0 Å². The summed E-state index contributed by atoms with van der Waals surface area (Å²) in [4.78, 5) is 15.2. The molecule has 7 heteroatoms. The average Bonchev–Trinajstić information content (AvgIpc) is 3.20. The summed E-state index contributed by atoms with van der Waals surface area (Å²) in [5.74, 6) is -0.217. The fourth-order valence-electron chi connectivity index (χ4n) is 3.42. The summed E-state index contributed by atoms with van der Waals surface area (Å²) in [5, 5.41) is 4.84. The third-order valence-electron chi connectivity index (χ3n) is 4.59. The van der Waals surface area contributed by atoms with Gasteiger partial charge in [-0.2, -0.15) is 0 Å². The zero-order valence-electron chi connectivity index (χ0n) is 13.4. The van der Waals surface area contributed by atoms with Crippen LogP contribution in [0.5, 0.6) is 0 Å². The van der Waals surface area contributed by atoms with Crippen molar-refractivity contribution in [2.45, 2.75) is 4.90 Å². The van der Waals surface area contributed by atoms with Gasteiger partial charge in [0.1, 0.15) is 0 Å². The van der Waals surface area contributed by atoms with Crippen LogP contribution in [0.15, 0.2) is 65.7 Å². The van der Waals surface area contributed by atoms with Gasteiger partial charge in [-0.15, -0.1) is 0 Å². The molecule has 1 aromatic heterocycles. The first-order valence-corrected chi connectivity index (χ1v) is 9.48. The molecule has 0 fully saturated rings. The van der Waals surface area contributed by atoms with E-state index in [4.69, 9.17) is 0 Å². The second-order valence-electron chi connectivity index (χ2n) is 6.18. The van der Waals surface area contributed by atoms with Crippen LogP contribution in [0.4, 0.5) is 11.4 Å². The van der Waals surface area contributed by atoms with Gasteiger partial charge in [0.25, 0.3) is 15.9 Å². The maximum atomic E-state index is 13.0. The van der Waals surface area contributed by atoms with Gasteiger partial charge in [0.15, 0.2) is 0 Å². The van der Waals surface area contributed by atoms with Gasteiger partial charge in [0, 0.05) is 44.8 Å². The summed E-state index contributed by atoms with van der Waals surface area (Å²) in [6, 6.07) is 15.4. The van der Waals surface area contributed by atoms with E-state index in [1.165, 1.54) is 6.07 Å². The standard InChI is InChI=1S/C19H13N3O3S/c23-19-14-3-1-2-13-17(7-6-16(21-19)18(13)14)26(24,25)22-12-4-5-15-11(10-12)8-9-20-15/h1-10,20,22H,(H,21,23). The molecule has 5 rings (SSSR count). The van der Waals surface area contributed by atoms with Crippen molar-refractivity contribution in [3.8, 4) is 0 Å². The third kappa shape index (κ3) is 2.11. The Morgan fingerprint density at radius 2 is 1.85 bits per heavy atom. The zero-order chi connectivity index (χ0) is 17.9. The molecule has 4 aromatic rings. The van der Waals surface area contributed by atoms with Gasteiger partial charge in [-0.25, -0.2) is 8.42 Å². The monoisotopic (exact) mass is 363 g/mol. The number of carbonyl (C=O) groups is 1. The van der Waals surface area contributed by atoms with Crippen LogP contribution >= 0.6 is 0 Å². The summed E-state index contributed by atoms with van der Waals surface area (Å²) in [6.07, 6.45) is 1.80. The van der Waals surface area contributed by atoms with Crippen LogP contribution in [0.3, 0.4) is 0 Å². The lowest BCUT2D eigenvalue weighted by molar-refractivity contribution is 0.103. The number of nitrogens with one attached hydrogen (secondary N) is 3. The Hall–Kier alpha value is -3.32. The number of hydrogen-bond acceptors (Lipinski definition) is 3. The van der Waals surface area contributed by atoms with E-state index in [-0.39, 0.29) is 10.8 Å². The molecule has 3 aromatic carbocycles. The normalized spacial score (nSPS) is 13.3. The van der Waals surface area contributed by atoms with Crippen molar-refractivity contribution in [3.05, 3.63) is 66.4 Å². The molecule has 0 radical (unpaired) electrons. The maximum absolute atomic E-state index is 13.0. The molecule has 128 valence electrons. The molecule has 0 aliphatic carbocycles. The maximum Gasteiger partial charge on any atom is 0.262 e. The Morgan fingerprint density at radius 1 is 0.962 bits per heavy atom. The molecule has 1 aliphatic heterocycles. The predicted octanol–water partition coefficient (Wildman–Crippen LogP) is 3.69. The van der Waals surface area contributed by atoms with Gasteiger partial charge in [-0.05, 0) is 42.5 Å². The Morgan fingerprint density at radius 3 is 2.73 bits per heavy atom. The fraction of sp³-hybridized carbons (Fsp3) is 0. The Balaban J connectivity index is 1.65. The average molecular weight is 363 g/mol. The molecule has 2 heterocycles. The number of H-pyrrole nitrogens is 1. The Labute approximate surface area is 148 Å². The molecular weight excluding hydrogens is 350 g/mol. The van der Waals surface area contributed by atoms with Crippen LogP contribution in [0.2, 0.25) is 0 Å². The summed E-state index contributed by atoms with van der Waals surface area (Å²) < 4.78 is 28.6. The van der Waals surface area contributed by atoms with Gasteiger partial charge in [-0.1, -0.05) is 12.1 Å². The first kappa shape index (κ1) is 15.0. The fourth-order valence-corrected chi connectivity index (χ4v) is 4.68. The SMILES string of the molecule is O=C1Nc2ccc(S(=O)(=O)Nc3ccc4[nH]ccc4c3)c3cccc1c23. The number of rotatable bonds is 3. The number of carbonyl (C=O) groups excluding carboxylic acids is 1. The highest BCUT2D eigenvalue weighted by molar-refractivity contribution is 7.93. The van der Waals surface area contributed by atoms with Gasteiger partial charge in [-0.3, -0.25) is 9.52 Å². The quantitative estimate of drug-likeness (QED) is 0.518. The summed E-state index contributed by atoms with van der Waals surface area (Å²) in [7, 11) is -3.81. The van der Waals surface area contributed by atoms with Crippen LogP contribution in [0.1, 0.15) is 10.4 Å². The largest absolute Gasteiger partial charge is 0.361 e. The van der Waals surface area contributed by atoms with Crippen molar-refractivity contribution < 1.29 is 13.2 Å². The van der Waals surface area contributed by atoms with E-state index in [2.05, 4.69) is 15.0 Å². The van der Waals surface area contributed by atoms with Crippen molar-refractivity contribution in [3.63, 3.8) is 0 Å². The van der Waals surface area contributed by atoms with E-state index in [9.17, 15) is 13.2 Å². The highest BCUT2D eigenvalue weighted by Crippen LogP contribution is 2.37. The minimum absolute atomic E-state index is 0.142. The zero-order valence-corrected chi connectivity index (χ0v) is 14.2. The molecule has 3 N–H and O–H groups in total. The lowest BCUT2D eigenvalue weighted by Crippen LogP contribution is -2.13. The van der Waals surface area contributed by atoms with E-state index >= 15 is 0 Å². The second-order valence-corrected chi connectivity index (χ2v) is 7.83. The molecule has 1 amide bonds.